The zero-order valence-corrected chi connectivity index (χ0v) is 20.5. The van der Waals surface area contributed by atoms with E-state index in [1.165, 1.54) is 30.4 Å². The molecule has 0 unspecified atom stereocenters. The first-order valence-electron chi connectivity index (χ1n) is 12.7. The molecule has 1 fully saturated rings. The number of benzene rings is 4. The molecule has 0 bridgehead atoms. The van der Waals surface area contributed by atoms with Crippen molar-refractivity contribution in [3.8, 4) is 11.5 Å². The van der Waals surface area contributed by atoms with Crippen LogP contribution in [0, 0.1) is 5.92 Å². The van der Waals surface area contributed by atoms with Crippen molar-refractivity contribution in [1.29, 1.82) is 0 Å². The van der Waals surface area contributed by atoms with Gasteiger partial charge in [0.2, 0.25) is 0 Å². The fraction of sp³-hybridized carbons (Fsp3) is 0.219. The maximum absolute atomic E-state index is 12.7. The monoisotopic (exact) mass is 476 g/mol. The van der Waals surface area contributed by atoms with E-state index in [1.54, 1.807) is 0 Å². The molecule has 4 aromatic rings. The Hall–Kier alpha value is -3.89. The van der Waals surface area contributed by atoms with Crippen LogP contribution in [0.15, 0.2) is 109 Å². The van der Waals surface area contributed by atoms with Crippen molar-refractivity contribution >= 4 is 11.6 Å². The number of carbonyl (C=O) groups excluding carboxylic acids is 1. The SMILES string of the molecule is O=C(Nc1ccc(Oc2ccccc2)cc1)c1ccc(CN2CCC(Cc3ccccc3)CC2)cc1. The zero-order valence-electron chi connectivity index (χ0n) is 20.5. The fourth-order valence-corrected chi connectivity index (χ4v) is 4.75. The van der Waals surface area contributed by atoms with Crippen LogP contribution in [0.2, 0.25) is 0 Å². The number of likely N-dealkylation sites (tertiary alicyclic amines) is 1. The van der Waals surface area contributed by atoms with E-state index < -0.39 is 0 Å². The van der Waals surface area contributed by atoms with Gasteiger partial charge in [-0.25, -0.2) is 0 Å². The van der Waals surface area contributed by atoms with Crippen LogP contribution in [0.1, 0.15) is 34.3 Å². The molecule has 0 saturated carbocycles. The fourth-order valence-electron chi connectivity index (χ4n) is 4.75. The second-order valence-corrected chi connectivity index (χ2v) is 9.50. The largest absolute Gasteiger partial charge is 0.457 e. The highest BCUT2D eigenvalue weighted by Crippen LogP contribution is 2.24. The number of para-hydroxylation sites is 1. The molecule has 182 valence electrons. The van der Waals surface area contributed by atoms with Gasteiger partial charge in [0.05, 0.1) is 0 Å². The number of hydrogen-bond donors (Lipinski definition) is 1. The number of ether oxygens (including phenoxy) is 1. The topological polar surface area (TPSA) is 41.6 Å². The summed E-state index contributed by atoms with van der Waals surface area (Å²) < 4.78 is 5.81. The lowest BCUT2D eigenvalue weighted by Crippen LogP contribution is -2.33. The van der Waals surface area contributed by atoms with Gasteiger partial charge in [-0.05, 0) is 97.9 Å². The van der Waals surface area contributed by atoms with Gasteiger partial charge in [-0.3, -0.25) is 9.69 Å². The number of amides is 1. The number of nitrogens with one attached hydrogen (secondary N) is 1. The Labute approximate surface area is 213 Å². The Morgan fingerprint density at radius 1 is 0.722 bits per heavy atom. The number of anilines is 1. The summed E-state index contributed by atoms with van der Waals surface area (Å²) in [5, 5.41) is 2.97. The number of piperidine rings is 1. The minimum atomic E-state index is -0.111. The third-order valence-corrected chi connectivity index (χ3v) is 6.79. The van der Waals surface area contributed by atoms with Gasteiger partial charge in [0.15, 0.2) is 0 Å². The van der Waals surface area contributed by atoms with Gasteiger partial charge >= 0.3 is 0 Å². The number of nitrogens with zero attached hydrogens (tertiary/aromatic N) is 1. The highest BCUT2D eigenvalue weighted by molar-refractivity contribution is 6.04. The lowest BCUT2D eigenvalue weighted by molar-refractivity contribution is 0.102. The summed E-state index contributed by atoms with van der Waals surface area (Å²) in [6, 6.07) is 35.9. The molecule has 4 heteroatoms. The third-order valence-electron chi connectivity index (χ3n) is 6.79. The van der Waals surface area contributed by atoms with Gasteiger partial charge in [-0.2, -0.15) is 0 Å². The Morgan fingerprint density at radius 3 is 2.00 bits per heavy atom. The van der Waals surface area contributed by atoms with Gasteiger partial charge in [0, 0.05) is 17.8 Å². The molecular weight excluding hydrogens is 444 g/mol. The standard InChI is InChI=1S/C32H32N2O2/c35-32(33-29-15-17-31(18-16-29)36-30-9-5-2-6-10-30)28-13-11-27(12-14-28)24-34-21-19-26(20-22-34)23-25-7-3-1-4-8-25/h1-18,26H,19-24H2,(H,33,35). The van der Waals surface area contributed by atoms with Crippen LogP contribution in [0.25, 0.3) is 0 Å². The van der Waals surface area contributed by atoms with Gasteiger partial charge in [0.1, 0.15) is 11.5 Å². The molecular formula is C32H32N2O2. The van der Waals surface area contributed by atoms with Crippen LogP contribution in [0.4, 0.5) is 5.69 Å². The van der Waals surface area contributed by atoms with E-state index in [0.29, 0.717) is 5.56 Å². The Balaban J connectivity index is 1.08. The Bertz CT molecular complexity index is 1230. The molecule has 1 aliphatic heterocycles. The molecule has 0 atom stereocenters. The van der Waals surface area contributed by atoms with E-state index in [1.807, 2.05) is 66.7 Å². The lowest BCUT2D eigenvalue weighted by atomic mass is 9.90. The maximum atomic E-state index is 12.7. The minimum Gasteiger partial charge on any atom is -0.457 e. The Morgan fingerprint density at radius 2 is 1.33 bits per heavy atom. The van der Waals surface area contributed by atoms with Crippen molar-refractivity contribution in [1.82, 2.24) is 4.90 Å². The first kappa shape index (κ1) is 23.8. The predicted octanol–water partition coefficient (Wildman–Crippen LogP) is 7.19. The average molecular weight is 477 g/mol. The van der Waals surface area contributed by atoms with E-state index in [0.717, 1.165) is 42.7 Å². The molecule has 4 nitrogen and oxygen atoms in total. The molecule has 1 amide bonds. The number of rotatable bonds is 8. The van der Waals surface area contributed by atoms with Gasteiger partial charge in [-0.1, -0.05) is 60.7 Å². The quantitative estimate of drug-likeness (QED) is 0.293. The summed E-state index contributed by atoms with van der Waals surface area (Å²) in [6.45, 7) is 3.19. The summed E-state index contributed by atoms with van der Waals surface area (Å²) in [5.74, 6) is 2.17. The highest BCUT2D eigenvalue weighted by Gasteiger charge is 2.19. The average Bonchev–Trinajstić information content (AvgIpc) is 2.92. The number of hydrogen-bond acceptors (Lipinski definition) is 3. The molecule has 0 spiro atoms. The highest BCUT2D eigenvalue weighted by atomic mass is 16.5. The van der Waals surface area contributed by atoms with E-state index >= 15 is 0 Å². The van der Waals surface area contributed by atoms with E-state index in [2.05, 4.69) is 52.7 Å². The molecule has 1 aliphatic rings. The molecule has 1 N–H and O–H groups in total. The van der Waals surface area contributed by atoms with Gasteiger partial charge < -0.3 is 10.1 Å². The molecule has 0 radical (unpaired) electrons. The predicted molar refractivity (Wildman–Crippen MR) is 146 cm³/mol. The number of carbonyl (C=O) groups is 1. The van der Waals surface area contributed by atoms with Gasteiger partial charge in [-0.15, -0.1) is 0 Å². The molecule has 36 heavy (non-hydrogen) atoms. The first-order valence-corrected chi connectivity index (χ1v) is 12.7. The summed E-state index contributed by atoms with van der Waals surface area (Å²) in [6.07, 6.45) is 3.66. The van der Waals surface area contributed by atoms with Gasteiger partial charge in [0.25, 0.3) is 5.91 Å². The minimum absolute atomic E-state index is 0.111. The van der Waals surface area contributed by atoms with Crippen molar-refractivity contribution in [2.75, 3.05) is 18.4 Å². The molecule has 0 aliphatic carbocycles. The summed E-state index contributed by atoms with van der Waals surface area (Å²) >= 11 is 0. The summed E-state index contributed by atoms with van der Waals surface area (Å²) in [7, 11) is 0. The van der Waals surface area contributed by atoms with Crippen LogP contribution in [-0.2, 0) is 13.0 Å². The summed E-state index contributed by atoms with van der Waals surface area (Å²) in [4.78, 5) is 15.2. The van der Waals surface area contributed by atoms with Crippen molar-refractivity contribution in [2.24, 2.45) is 5.92 Å². The van der Waals surface area contributed by atoms with Crippen molar-refractivity contribution in [2.45, 2.75) is 25.8 Å². The van der Waals surface area contributed by atoms with Crippen molar-refractivity contribution < 1.29 is 9.53 Å². The van der Waals surface area contributed by atoms with Crippen LogP contribution in [0.3, 0.4) is 0 Å². The van der Waals surface area contributed by atoms with Crippen LogP contribution < -0.4 is 10.1 Å². The molecule has 0 aromatic heterocycles. The van der Waals surface area contributed by atoms with E-state index in [9.17, 15) is 4.79 Å². The molecule has 5 rings (SSSR count). The van der Waals surface area contributed by atoms with E-state index in [4.69, 9.17) is 4.74 Å². The van der Waals surface area contributed by atoms with E-state index in [-0.39, 0.29) is 5.91 Å². The van der Waals surface area contributed by atoms with Crippen LogP contribution >= 0.6 is 0 Å². The molecule has 4 aromatic carbocycles. The molecule has 1 heterocycles. The van der Waals surface area contributed by atoms with Crippen molar-refractivity contribution in [3.05, 3.63) is 126 Å². The zero-order chi connectivity index (χ0) is 24.6. The molecule has 1 saturated heterocycles. The third kappa shape index (κ3) is 6.61. The summed E-state index contributed by atoms with van der Waals surface area (Å²) in [5.41, 5.74) is 4.09. The lowest BCUT2D eigenvalue weighted by Gasteiger charge is -2.32. The second-order valence-electron chi connectivity index (χ2n) is 9.50. The normalized spacial score (nSPS) is 14.3. The van der Waals surface area contributed by atoms with Crippen LogP contribution in [0.5, 0.6) is 11.5 Å². The Kier molecular flexibility index (Phi) is 7.74. The van der Waals surface area contributed by atoms with Crippen LogP contribution in [-0.4, -0.2) is 23.9 Å². The smallest absolute Gasteiger partial charge is 0.255 e. The first-order chi connectivity index (χ1) is 17.7. The second kappa shape index (κ2) is 11.7. The van der Waals surface area contributed by atoms with Crippen molar-refractivity contribution in [3.63, 3.8) is 0 Å². The maximum Gasteiger partial charge on any atom is 0.255 e.